The van der Waals surface area contributed by atoms with E-state index in [9.17, 15) is 19.8 Å². The minimum atomic E-state index is -0.665. The quantitative estimate of drug-likeness (QED) is 0.0320. The lowest BCUT2D eigenvalue weighted by Crippen LogP contribution is -2.45. The van der Waals surface area contributed by atoms with Crippen LogP contribution in [0, 0.1) is 0 Å². The molecule has 0 rings (SSSR count). The molecular weight excluding hydrogens is 983 g/mol. The topological polar surface area (TPSA) is 95.9 Å². The van der Waals surface area contributed by atoms with Crippen molar-refractivity contribution in [3.8, 4) is 0 Å². The second-order valence-corrected chi connectivity index (χ2v) is 24.6. The zero-order valence-electron chi connectivity index (χ0n) is 53.8. The van der Waals surface area contributed by atoms with Crippen molar-refractivity contribution in [3.63, 3.8) is 0 Å². The molecule has 0 fully saturated rings. The molecule has 3 N–H and O–H groups in total. The van der Waals surface area contributed by atoms with Crippen LogP contribution in [-0.4, -0.2) is 47.4 Å². The average molecular weight is 1120 g/mol. The van der Waals surface area contributed by atoms with Crippen LogP contribution < -0.4 is 5.32 Å². The van der Waals surface area contributed by atoms with Gasteiger partial charge in [0.15, 0.2) is 0 Å². The van der Waals surface area contributed by atoms with E-state index in [1.54, 1.807) is 0 Å². The van der Waals surface area contributed by atoms with Crippen molar-refractivity contribution in [2.75, 3.05) is 13.2 Å². The number of rotatable bonds is 67. The van der Waals surface area contributed by atoms with Crippen LogP contribution in [0.2, 0.25) is 0 Å². The molecule has 80 heavy (non-hydrogen) atoms. The molecule has 0 saturated heterocycles. The summed E-state index contributed by atoms with van der Waals surface area (Å²) in [4.78, 5) is 24.6. The van der Waals surface area contributed by atoms with Gasteiger partial charge in [-0.2, -0.15) is 0 Å². The van der Waals surface area contributed by atoms with Crippen molar-refractivity contribution in [3.05, 3.63) is 48.6 Å². The molecule has 0 spiro atoms. The normalized spacial score (nSPS) is 12.8. The summed E-state index contributed by atoms with van der Waals surface area (Å²) in [5.41, 5.74) is 0. The second kappa shape index (κ2) is 69.3. The standard InChI is InChI=1S/C74H139NO5/c1-3-5-7-9-11-13-15-17-19-20-32-36-40-44-48-52-56-60-64-68-74(79)80-69-65-61-57-53-49-45-41-37-34-31-29-27-25-23-21-22-24-26-28-30-33-35-39-43-47-51-55-59-63-67-73(78)75-71(70-76)72(77)66-62-58-54-50-46-42-38-18-16-14-12-10-8-6-4-2/h11,13,17,19,21,23,27,29,71-72,76-77H,3-10,12,14-16,18,20,22,24-26,28,30-70H2,1-2H3,(H,75,78)/b13-11-,19-17-,23-21-,29-27-. The third-order valence-corrected chi connectivity index (χ3v) is 16.6. The van der Waals surface area contributed by atoms with Crippen molar-refractivity contribution in [2.24, 2.45) is 0 Å². The number of hydrogen-bond donors (Lipinski definition) is 3. The van der Waals surface area contributed by atoms with Gasteiger partial charge in [-0.1, -0.05) is 332 Å². The Morgan fingerprint density at radius 1 is 0.350 bits per heavy atom. The number of aliphatic hydroxyl groups excluding tert-OH is 2. The Bertz CT molecular complexity index is 1340. The first-order valence-electron chi connectivity index (χ1n) is 35.9. The van der Waals surface area contributed by atoms with Crippen LogP contribution in [-0.2, 0) is 14.3 Å². The Labute approximate surface area is 499 Å². The van der Waals surface area contributed by atoms with Gasteiger partial charge in [0.05, 0.1) is 25.4 Å². The third kappa shape index (κ3) is 65.0. The maximum absolute atomic E-state index is 12.5. The highest BCUT2D eigenvalue weighted by molar-refractivity contribution is 5.76. The fraction of sp³-hybridized carbons (Fsp3) is 0.865. The average Bonchev–Trinajstić information content (AvgIpc) is 3.46. The highest BCUT2D eigenvalue weighted by Gasteiger charge is 2.20. The molecule has 0 aliphatic rings. The summed E-state index contributed by atoms with van der Waals surface area (Å²) in [5.74, 6) is -0.0255. The molecule has 6 nitrogen and oxygen atoms in total. The van der Waals surface area contributed by atoms with Gasteiger partial charge in [0.1, 0.15) is 0 Å². The summed E-state index contributed by atoms with van der Waals surface area (Å²) >= 11 is 0. The first-order valence-corrected chi connectivity index (χ1v) is 35.9. The molecule has 2 unspecified atom stereocenters. The molecule has 0 aliphatic heterocycles. The van der Waals surface area contributed by atoms with Crippen LogP contribution in [0.25, 0.3) is 0 Å². The van der Waals surface area contributed by atoms with Gasteiger partial charge in [0.2, 0.25) is 5.91 Å². The number of nitrogens with one attached hydrogen (secondary N) is 1. The van der Waals surface area contributed by atoms with E-state index in [0.717, 1.165) is 57.8 Å². The molecule has 0 aromatic rings. The number of esters is 1. The summed E-state index contributed by atoms with van der Waals surface area (Å²) in [7, 11) is 0. The lowest BCUT2D eigenvalue weighted by Gasteiger charge is -2.22. The Hall–Kier alpha value is -2.18. The van der Waals surface area contributed by atoms with E-state index in [1.165, 1.54) is 295 Å². The van der Waals surface area contributed by atoms with Crippen LogP contribution in [0.15, 0.2) is 48.6 Å². The number of hydrogen-bond acceptors (Lipinski definition) is 5. The molecule has 470 valence electrons. The van der Waals surface area contributed by atoms with Crippen LogP contribution in [0.1, 0.15) is 386 Å². The highest BCUT2D eigenvalue weighted by atomic mass is 16.5. The molecular formula is C74H139NO5. The van der Waals surface area contributed by atoms with Crippen LogP contribution in [0.4, 0.5) is 0 Å². The monoisotopic (exact) mass is 1120 g/mol. The Kier molecular flexibility index (Phi) is 67.4. The number of ether oxygens (including phenoxy) is 1. The van der Waals surface area contributed by atoms with Gasteiger partial charge >= 0.3 is 5.97 Å². The fourth-order valence-electron chi connectivity index (χ4n) is 11.1. The van der Waals surface area contributed by atoms with Gasteiger partial charge in [-0.15, -0.1) is 0 Å². The predicted octanol–water partition coefficient (Wildman–Crippen LogP) is 23.3. The molecule has 0 saturated carbocycles. The molecule has 0 aromatic heterocycles. The molecule has 6 heteroatoms. The summed E-state index contributed by atoms with van der Waals surface area (Å²) < 4.78 is 5.50. The summed E-state index contributed by atoms with van der Waals surface area (Å²) in [5, 5.41) is 23.3. The highest BCUT2D eigenvalue weighted by Crippen LogP contribution is 2.18. The van der Waals surface area contributed by atoms with Crippen molar-refractivity contribution in [1.82, 2.24) is 5.32 Å². The van der Waals surface area contributed by atoms with E-state index in [2.05, 4.69) is 67.8 Å². The number of carbonyl (C=O) groups is 2. The summed E-state index contributed by atoms with van der Waals surface area (Å²) in [6.45, 7) is 4.95. The minimum Gasteiger partial charge on any atom is -0.466 e. The molecule has 0 bridgehead atoms. The number of amides is 1. The SMILES string of the molecule is CCCCC/C=C\C/C=C\CCCCCCCCCCCC(=O)OCCCCCCCCCCC/C=C\C/C=C\CCCCCCCCCCCCCCCC(=O)NC(CO)C(O)CCCCCCCCCCCCCCCCC. The summed E-state index contributed by atoms with van der Waals surface area (Å²) in [6.07, 6.45) is 90.2. The van der Waals surface area contributed by atoms with E-state index in [1.807, 2.05) is 0 Å². The maximum Gasteiger partial charge on any atom is 0.305 e. The van der Waals surface area contributed by atoms with Crippen molar-refractivity contribution in [1.29, 1.82) is 0 Å². The zero-order valence-corrected chi connectivity index (χ0v) is 53.8. The minimum absolute atomic E-state index is 0.00846. The largest absolute Gasteiger partial charge is 0.466 e. The molecule has 0 aliphatic carbocycles. The van der Waals surface area contributed by atoms with E-state index in [0.29, 0.717) is 25.9 Å². The van der Waals surface area contributed by atoms with E-state index >= 15 is 0 Å². The lowest BCUT2D eigenvalue weighted by molar-refractivity contribution is -0.143. The first-order chi connectivity index (χ1) is 39.5. The zero-order chi connectivity index (χ0) is 57.8. The van der Waals surface area contributed by atoms with Crippen LogP contribution >= 0.6 is 0 Å². The number of unbranched alkanes of at least 4 members (excludes halogenated alkanes) is 48. The molecule has 2 atom stereocenters. The number of carbonyl (C=O) groups excluding carboxylic acids is 2. The Balaban J connectivity index is 3.39. The number of allylic oxidation sites excluding steroid dienone is 8. The molecule has 0 aromatic carbocycles. The van der Waals surface area contributed by atoms with Crippen LogP contribution in [0.5, 0.6) is 0 Å². The fourth-order valence-corrected chi connectivity index (χ4v) is 11.1. The van der Waals surface area contributed by atoms with E-state index < -0.39 is 12.1 Å². The Morgan fingerprint density at radius 3 is 0.975 bits per heavy atom. The Morgan fingerprint density at radius 2 is 0.625 bits per heavy atom. The van der Waals surface area contributed by atoms with Crippen molar-refractivity contribution in [2.45, 2.75) is 398 Å². The first kappa shape index (κ1) is 77.8. The maximum atomic E-state index is 12.5. The van der Waals surface area contributed by atoms with E-state index in [4.69, 9.17) is 4.74 Å². The number of aliphatic hydroxyl groups is 2. The van der Waals surface area contributed by atoms with Gasteiger partial charge < -0.3 is 20.3 Å². The van der Waals surface area contributed by atoms with Gasteiger partial charge in [0.25, 0.3) is 0 Å². The molecule has 0 heterocycles. The lowest BCUT2D eigenvalue weighted by atomic mass is 10.0. The van der Waals surface area contributed by atoms with Gasteiger partial charge in [-0.25, -0.2) is 0 Å². The van der Waals surface area contributed by atoms with Gasteiger partial charge in [-0.3, -0.25) is 9.59 Å². The van der Waals surface area contributed by atoms with Gasteiger partial charge in [-0.05, 0) is 89.9 Å². The van der Waals surface area contributed by atoms with Crippen molar-refractivity contribution < 1.29 is 24.5 Å². The smallest absolute Gasteiger partial charge is 0.305 e. The third-order valence-electron chi connectivity index (χ3n) is 16.6. The van der Waals surface area contributed by atoms with Gasteiger partial charge in [0, 0.05) is 12.8 Å². The molecule has 0 radical (unpaired) electrons. The van der Waals surface area contributed by atoms with Crippen molar-refractivity contribution >= 4 is 11.9 Å². The molecule has 1 amide bonds. The summed E-state index contributed by atoms with van der Waals surface area (Å²) in [6, 6.07) is -0.543. The predicted molar refractivity (Wildman–Crippen MR) is 352 cm³/mol. The van der Waals surface area contributed by atoms with Crippen LogP contribution in [0.3, 0.4) is 0 Å². The van der Waals surface area contributed by atoms with E-state index in [-0.39, 0.29) is 18.5 Å². The second-order valence-electron chi connectivity index (χ2n) is 24.6.